The minimum absolute atomic E-state index is 0.125. The van der Waals surface area contributed by atoms with E-state index in [4.69, 9.17) is 9.47 Å². The van der Waals surface area contributed by atoms with Gasteiger partial charge >= 0.3 is 17.9 Å². The van der Waals surface area contributed by atoms with Crippen LogP contribution in [0.2, 0.25) is 0 Å². The van der Waals surface area contributed by atoms with Gasteiger partial charge in [-0.3, -0.25) is 0 Å². The molecule has 0 unspecified atom stereocenters. The minimum Gasteiger partial charge on any atom is -0.465 e. The fraction of sp³-hybridized carbons (Fsp3) is 0.267. The molecular weight excluding hydrogens is 295 g/mol. The molecule has 0 spiro atoms. The van der Waals surface area contributed by atoms with E-state index in [9.17, 15) is 18.8 Å². The van der Waals surface area contributed by atoms with Gasteiger partial charge < -0.3 is 14.2 Å². The molecule has 22 heavy (non-hydrogen) atoms. The van der Waals surface area contributed by atoms with Crippen LogP contribution in [0.4, 0.5) is 4.39 Å². The Kier molecular flexibility index (Phi) is 3.99. The molecule has 0 aliphatic carbocycles. The van der Waals surface area contributed by atoms with Crippen molar-refractivity contribution in [2.75, 3.05) is 7.11 Å². The average molecular weight is 308 g/mol. The summed E-state index contributed by atoms with van der Waals surface area (Å²) in [5, 5.41) is 0. The van der Waals surface area contributed by atoms with Gasteiger partial charge in [0, 0.05) is 19.4 Å². The topological polar surface area (TPSA) is 78.9 Å². The van der Waals surface area contributed by atoms with E-state index in [1.807, 2.05) is 0 Å². The van der Waals surface area contributed by atoms with Crippen LogP contribution in [-0.2, 0) is 23.8 Å². The molecule has 0 N–H and O–H groups in total. The maximum absolute atomic E-state index is 14.0. The molecule has 1 heterocycles. The van der Waals surface area contributed by atoms with Gasteiger partial charge in [-0.15, -0.1) is 0 Å². The van der Waals surface area contributed by atoms with E-state index in [1.54, 1.807) is 0 Å². The summed E-state index contributed by atoms with van der Waals surface area (Å²) in [7, 11) is 1.13. The van der Waals surface area contributed by atoms with Gasteiger partial charge in [-0.2, -0.15) is 0 Å². The lowest BCUT2D eigenvalue weighted by molar-refractivity contribution is -0.222. The zero-order valence-electron chi connectivity index (χ0n) is 12.1. The number of rotatable bonds is 2. The fourth-order valence-corrected chi connectivity index (χ4v) is 1.89. The second-order valence-electron chi connectivity index (χ2n) is 4.93. The fourth-order valence-electron chi connectivity index (χ4n) is 1.89. The number of cyclic esters (lactones) is 2. The van der Waals surface area contributed by atoms with E-state index in [0.717, 1.165) is 19.3 Å². The normalized spacial score (nSPS) is 16.6. The zero-order chi connectivity index (χ0) is 16.5. The van der Waals surface area contributed by atoms with Crippen molar-refractivity contribution in [3.63, 3.8) is 0 Å². The quantitative estimate of drug-likeness (QED) is 0.471. The summed E-state index contributed by atoms with van der Waals surface area (Å²) in [6.45, 7) is 2.78. The molecule has 1 aromatic rings. The van der Waals surface area contributed by atoms with Gasteiger partial charge in [0.1, 0.15) is 11.4 Å². The van der Waals surface area contributed by atoms with E-state index in [0.29, 0.717) is 0 Å². The maximum Gasteiger partial charge on any atom is 0.348 e. The lowest BCUT2D eigenvalue weighted by Gasteiger charge is -2.29. The Balaban J connectivity index is 2.52. The van der Waals surface area contributed by atoms with Crippen molar-refractivity contribution in [1.29, 1.82) is 0 Å². The van der Waals surface area contributed by atoms with Crippen LogP contribution in [0.15, 0.2) is 23.8 Å². The summed E-state index contributed by atoms with van der Waals surface area (Å²) < 4.78 is 28.3. The molecule has 0 saturated carbocycles. The minimum atomic E-state index is -1.40. The average Bonchev–Trinajstić information content (AvgIpc) is 2.42. The van der Waals surface area contributed by atoms with Gasteiger partial charge in [-0.05, 0) is 18.2 Å². The van der Waals surface area contributed by atoms with Crippen molar-refractivity contribution in [2.45, 2.75) is 19.6 Å². The third-order valence-electron chi connectivity index (χ3n) is 2.86. The Morgan fingerprint density at radius 3 is 2.36 bits per heavy atom. The van der Waals surface area contributed by atoms with Gasteiger partial charge in [-0.1, -0.05) is 6.07 Å². The predicted molar refractivity (Wildman–Crippen MR) is 72.0 cm³/mol. The van der Waals surface area contributed by atoms with Crippen LogP contribution in [-0.4, -0.2) is 30.8 Å². The van der Waals surface area contributed by atoms with Crippen LogP contribution in [0, 0.1) is 5.82 Å². The Bertz CT molecular complexity index is 667. The number of benzene rings is 1. The first-order chi connectivity index (χ1) is 10.2. The number of halogens is 1. The SMILES string of the molecule is COC(=O)c1cccc(F)c1C=C1C(=O)OC(C)(C)OC1=O. The Morgan fingerprint density at radius 1 is 1.23 bits per heavy atom. The van der Waals surface area contributed by atoms with Crippen molar-refractivity contribution >= 4 is 24.0 Å². The summed E-state index contributed by atoms with van der Waals surface area (Å²) >= 11 is 0. The van der Waals surface area contributed by atoms with Crippen LogP contribution in [0.1, 0.15) is 29.8 Å². The molecule has 0 bridgehead atoms. The molecule has 116 valence electrons. The van der Waals surface area contributed by atoms with Crippen molar-refractivity contribution < 1.29 is 33.0 Å². The Labute approximate surface area is 125 Å². The molecule has 1 saturated heterocycles. The smallest absolute Gasteiger partial charge is 0.348 e. The highest BCUT2D eigenvalue weighted by Crippen LogP contribution is 2.26. The van der Waals surface area contributed by atoms with Crippen molar-refractivity contribution in [3.8, 4) is 0 Å². The van der Waals surface area contributed by atoms with E-state index < -0.39 is 35.1 Å². The summed E-state index contributed by atoms with van der Waals surface area (Å²) in [5.41, 5.74) is -0.882. The number of esters is 3. The number of carbonyl (C=O) groups excluding carboxylic acids is 3. The molecule has 1 fully saturated rings. The molecule has 0 aromatic heterocycles. The molecule has 1 aromatic carbocycles. The van der Waals surface area contributed by atoms with Gasteiger partial charge in [0.05, 0.1) is 12.7 Å². The van der Waals surface area contributed by atoms with Gasteiger partial charge in [0.25, 0.3) is 5.79 Å². The van der Waals surface area contributed by atoms with Crippen molar-refractivity contribution in [3.05, 3.63) is 40.7 Å². The molecular formula is C15H13FO6. The number of ether oxygens (including phenoxy) is 3. The largest absolute Gasteiger partial charge is 0.465 e. The van der Waals surface area contributed by atoms with Crippen molar-refractivity contribution in [2.24, 2.45) is 0 Å². The van der Waals surface area contributed by atoms with Crippen LogP contribution in [0.3, 0.4) is 0 Å². The molecule has 0 atom stereocenters. The lowest BCUT2D eigenvalue weighted by Crippen LogP contribution is -2.41. The first-order valence-electron chi connectivity index (χ1n) is 6.30. The second kappa shape index (κ2) is 5.59. The number of hydrogen-bond donors (Lipinski definition) is 0. The number of carbonyl (C=O) groups is 3. The molecule has 0 amide bonds. The van der Waals surface area contributed by atoms with E-state index in [1.165, 1.54) is 26.0 Å². The third kappa shape index (κ3) is 2.98. The molecule has 0 radical (unpaired) electrons. The zero-order valence-corrected chi connectivity index (χ0v) is 12.1. The van der Waals surface area contributed by atoms with Crippen molar-refractivity contribution in [1.82, 2.24) is 0 Å². The van der Waals surface area contributed by atoms with Crippen LogP contribution in [0.5, 0.6) is 0 Å². The van der Waals surface area contributed by atoms with Gasteiger partial charge in [-0.25, -0.2) is 18.8 Å². The molecule has 7 heteroatoms. The maximum atomic E-state index is 14.0. The van der Waals surface area contributed by atoms with Crippen LogP contribution >= 0.6 is 0 Å². The summed E-state index contributed by atoms with van der Waals surface area (Å²) in [4.78, 5) is 35.4. The Hall–Kier alpha value is -2.70. The van der Waals surface area contributed by atoms with Crippen LogP contribution < -0.4 is 0 Å². The van der Waals surface area contributed by atoms with E-state index >= 15 is 0 Å². The summed E-state index contributed by atoms with van der Waals surface area (Å²) in [6, 6.07) is 3.71. The number of methoxy groups -OCH3 is 1. The van der Waals surface area contributed by atoms with Crippen LogP contribution in [0.25, 0.3) is 6.08 Å². The highest BCUT2D eigenvalue weighted by molar-refractivity contribution is 6.19. The molecule has 1 aliphatic heterocycles. The van der Waals surface area contributed by atoms with E-state index in [-0.39, 0.29) is 11.1 Å². The summed E-state index contributed by atoms with van der Waals surface area (Å²) in [5.74, 6) is -4.91. The first-order valence-corrected chi connectivity index (χ1v) is 6.30. The van der Waals surface area contributed by atoms with Gasteiger partial charge in [0.15, 0.2) is 0 Å². The predicted octanol–water partition coefficient (Wildman–Crippen LogP) is 1.83. The molecule has 1 aliphatic rings. The first kappa shape index (κ1) is 15.7. The Morgan fingerprint density at radius 2 is 1.82 bits per heavy atom. The van der Waals surface area contributed by atoms with E-state index in [2.05, 4.69) is 4.74 Å². The molecule has 2 rings (SSSR count). The highest BCUT2D eigenvalue weighted by Gasteiger charge is 2.39. The molecule has 6 nitrogen and oxygen atoms in total. The third-order valence-corrected chi connectivity index (χ3v) is 2.86. The monoisotopic (exact) mass is 308 g/mol. The standard InChI is InChI=1S/C15H13FO6/c1-15(2)21-13(18)10(14(19)22-15)7-9-8(12(17)20-3)5-4-6-11(9)16/h4-7H,1-3H3. The summed E-state index contributed by atoms with van der Waals surface area (Å²) in [6.07, 6.45) is 0.918. The number of hydrogen-bond acceptors (Lipinski definition) is 6. The lowest BCUT2D eigenvalue weighted by atomic mass is 10.0. The van der Waals surface area contributed by atoms with Gasteiger partial charge in [0.2, 0.25) is 0 Å². The highest BCUT2D eigenvalue weighted by atomic mass is 19.1. The second-order valence-corrected chi connectivity index (χ2v) is 4.93.